The summed E-state index contributed by atoms with van der Waals surface area (Å²) in [5, 5.41) is 0.902. The molecule has 1 aliphatic rings. The van der Waals surface area contributed by atoms with Gasteiger partial charge in [-0.25, -0.2) is 0 Å². The maximum Gasteiger partial charge on any atom is 0.224 e. The van der Waals surface area contributed by atoms with Crippen molar-refractivity contribution in [2.45, 2.75) is 6.42 Å². The van der Waals surface area contributed by atoms with Crippen LogP contribution in [0.2, 0.25) is 0 Å². The van der Waals surface area contributed by atoms with Gasteiger partial charge in [-0.3, -0.25) is 4.79 Å². The van der Waals surface area contributed by atoms with Gasteiger partial charge in [0.1, 0.15) is 0 Å². The van der Waals surface area contributed by atoms with E-state index in [1.54, 1.807) is 0 Å². The molecule has 3 heteroatoms. The van der Waals surface area contributed by atoms with Crippen LogP contribution in [0.15, 0.2) is 0 Å². The third-order valence-electron chi connectivity index (χ3n) is 1.30. The molecule has 1 aliphatic heterocycles. The highest BCUT2D eigenvalue weighted by atomic mass is 79.9. The summed E-state index contributed by atoms with van der Waals surface area (Å²) in [5.41, 5.74) is 0. The minimum Gasteiger partial charge on any atom is -0.341 e. The van der Waals surface area contributed by atoms with E-state index in [-0.39, 0.29) is 0 Å². The first-order chi connectivity index (χ1) is 3.84. The average Bonchev–Trinajstić information content (AvgIpc) is 1.79. The number of hydrogen-bond donors (Lipinski definition) is 0. The zero-order valence-electron chi connectivity index (χ0n) is 4.56. The highest BCUT2D eigenvalue weighted by Crippen LogP contribution is 2.07. The molecule has 0 bridgehead atoms. The van der Waals surface area contributed by atoms with Crippen LogP contribution < -0.4 is 0 Å². The third-order valence-corrected chi connectivity index (χ3v) is 1.66. The first kappa shape index (κ1) is 6.08. The van der Waals surface area contributed by atoms with E-state index < -0.39 is 0 Å². The van der Waals surface area contributed by atoms with E-state index in [2.05, 4.69) is 15.9 Å². The first-order valence-corrected chi connectivity index (χ1v) is 3.80. The Morgan fingerprint density at radius 3 is 2.62 bits per heavy atom. The predicted molar refractivity (Wildman–Crippen MR) is 35.0 cm³/mol. The van der Waals surface area contributed by atoms with Crippen LogP contribution in [0.25, 0.3) is 0 Å². The lowest BCUT2D eigenvalue weighted by atomic mass is 10.2. The molecule has 1 amide bonds. The van der Waals surface area contributed by atoms with Gasteiger partial charge in [-0.15, -0.1) is 0 Å². The molecule has 0 spiro atoms. The summed E-state index contributed by atoms with van der Waals surface area (Å²) in [6.45, 7) is 1.84. The average molecular weight is 178 g/mol. The van der Waals surface area contributed by atoms with Gasteiger partial charge in [-0.05, 0) is 0 Å². The minimum atomic E-state index is 0.296. The van der Waals surface area contributed by atoms with Crippen LogP contribution in [0.5, 0.6) is 0 Å². The van der Waals surface area contributed by atoms with Crippen LogP contribution >= 0.6 is 15.9 Å². The lowest BCUT2D eigenvalue weighted by Crippen LogP contribution is -2.44. The molecule has 0 atom stereocenters. The van der Waals surface area contributed by atoms with E-state index >= 15 is 0 Å². The number of rotatable bonds is 2. The Morgan fingerprint density at radius 2 is 2.50 bits per heavy atom. The molecule has 1 saturated heterocycles. The van der Waals surface area contributed by atoms with E-state index in [0.717, 1.165) is 24.8 Å². The van der Waals surface area contributed by atoms with Crippen LogP contribution in [-0.2, 0) is 4.79 Å². The number of alkyl halides is 1. The zero-order valence-corrected chi connectivity index (χ0v) is 6.15. The summed E-state index contributed by atoms with van der Waals surface area (Å²) in [6, 6.07) is 0. The van der Waals surface area contributed by atoms with Crippen molar-refractivity contribution in [1.29, 1.82) is 0 Å². The molecule has 1 fully saturated rings. The van der Waals surface area contributed by atoms with Crippen LogP contribution in [0.3, 0.4) is 0 Å². The van der Waals surface area contributed by atoms with Crippen molar-refractivity contribution < 1.29 is 4.79 Å². The second kappa shape index (κ2) is 2.49. The first-order valence-electron chi connectivity index (χ1n) is 2.68. The number of halogens is 1. The van der Waals surface area contributed by atoms with Crippen molar-refractivity contribution >= 4 is 21.8 Å². The number of carbonyl (C=O) groups is 1. The van der Waals surface area contributed by atoms with Crippen molar-refractivity contribution in [3.63, 3.8) is 0 Å². The predicted octanol–water partition coefficient (Wildman–Crippen LogP) is 0.614. The van der Waals surface area contributed by atoms with Crippen molar-refractivity contribution in [2.75, 3.05) is 18.4 Å². The Labute approximate surface area is 57.0 Å². The van der Waals surface area contributed by atoms with Gasteiger partial charge in [-0.2, -0.15) is 0 Å². The van der Waals surface area contributed by atoms with Gasteiger partial charge in [0.15, 0.2) is 0 Å². The zero-order chi connectivity index (χ0) is 5.98. The van der Waals surface area contributed by atoms with Gasteiger partial charge in [0.2, 0.25) is 5.91 Å². The van der Waals surface area contributed by atoms with Crippen LogP contribution in [0.1, 0.15) is 6.42 Å². The molecular weight excluding hydrogens is 170 g/mol. The summed E-state index contributed by atoms with van der Waals surface area (Å²) in [7, 11) is 0. The maximum atomic E-state index is 10.5. The summed E-state index contributed by atoms with van der Waals surface area (Å²) in [4.78, 5) is 12.4. The molecule has 0 aromatic heterocycles. The van der Waals surface area contributed by atoms with Crippen LogP contribution in [0, 0.1) is 0 Å². The van der Waals surface area contributed by atoms with E-state index in [9.17, 15) is 4.79 Å². The Bertz CT molecular complexity index is 105. The van der Waals surface area contributed by atoms with Crippen molar-refractivity contribution in [3.8, 4) is 0 Å². The minimum absolute atomic E-state index is 0.296. The molecule has 0 unspecified atom stereocenters. The summed E-state index contributed by atoms with van der Waals surface area (Å²) in [6.07, 6.45) is 0.757. The number of nitrogens with zero attached hydrogens (tertiary/aromatic N) is 1. The van der Waals surface area contributed by atoms with Gasteiger partial charge < -0.3 is 4.90 Å². The summed E-state index contributed by atoms with van der Waals surface area (Å²) in [5.74, 6) is 0.296. The summed E-state index contributed by atoms with van der Waals surface area (Å²) >= 11 is 3.26. The second-order valence-electron chi connectivity index (χ2n) is 1.82. The molecular formula is C5H8BrNO. The Morgan fingerprint density at radius 1 is 1.75 bits per heavy atom. The number of likely N-dealkylation sites (tertiary alicyclic amines) is 1. The number of β-lactam (4-membered cyclic amide) rings is 1. The number of hydrogen-bond acceptors (Lipinski definition) is 1. The lowest BCUT2D eigenvalue weighted by molar-refractivity contribution is -0.139. The molecule has 0 aromatic rings. The number of carbonyl (C=O) groups excluding carboxylic acids is 1. The highest BCUT2D eigenvalue weighted by molar-refractivity contribution is 9.09. The molecule has 1 heterocycles. The summed E-state index contributed by atoms with van der Waals surface area (Å²) < 4.78 is 0. The van der Waals surface area contributed by atoms with Gasteiger partial charge in [0.25, 0.3) is 0 Å². The quantitative estimate of drug-likeness (QED) is 0.448. The van der Waals surface area contributed by atoms with E-state index in [1.807, 2.05) is 4.90 Å². The molecule has 46 valence electrons. The molecule has 0 radical (unpaired) electrons. The number of amides is 1. The smallest absolute Gasteiger partial charge is 0.224 e. The molecule has 0 saturated carbocycles. The fourth-order valence-electron chi connectivity index (χ4n) is 0.700. The fraction of sp³-hybridized carbons (Fsp3) is 0.800. The Balaban J connectivity index is 2.17. The van der Waals surface area contributed by atoms with Gasteiger partial charge in [0, 0.05) is 24.8 Å². The van der Waals surface area contributed by atoms with Crippen molar-refractivity contribution in [1.82, 2.24) is 4.90 Å². The maximum absolute atomic E-state index is 10.5. The normalized spacial score (nSPS) is 18.6. The molecule has 2 nitrogen and oxygen atoms in total. The third kappa shape index (κ3) is 1.02. The van der Waals surface area contributed by atoms with Crippen molar-refractivity contribution in [2.24, 2.45) is 0 Å². The van der Waals surface area contributed by atoms with Crippen molar-refractivity contribution in [3.05, 3.63) is 0 Å². The van der Waals surface area contributed by atoms with E-state index in [4.69, 9.17) is 0 Å². The SMILES string of the molecule is O=C1CCN1CCBr. The molecule has 8 heavy (non-hydrogen) atoms. The van der Waals surface area contributed by atoms with Gasteiger partial charge in [0.05, 0.1) is 0 Å². The molecule has 0 aromatic carbocycles. The highest BCUT2D eigenvalue weighted by Gasteiger charge is 2.21. The van der Waals surface area contributed by atoms with Crippen LogP contribution in [-0.4, -0.2) is 29.2 Å². The standard InChI is InChI=1S/C5H8BrNO/c6-2-4-7-3-1-5(7)8/h1-4H2. The molecule has 0 aliphatic carbocycles. The topological polar surface area (TPSA) is 20.3 Å². The second-order valence-corrected chi connectivity index (χ2v) is 2.61. The lowest BCUT2D eigenvalue weighted by Gasteiger charge is -2.29. The largest absolute Gasteiger partial charge is 0.341 e. The Kier molecular flexibility index (Phi) is 1.89. The Hall–Kier alpha value is -0.0500. The fourth-order valence-corrected chi connectivity index (χ4v) is 1.13. The van der Waals surface area contributed by atoms with Gasteiger partial charge in [-0.1, -0.05) is 15.9 Å². The van der Waals surface area contributed by atoms with E-state index in [0.29, 0.717) is 5.91 Å². The van der Waals surface area contributed by atoms with Gasteiger partial charge >= 0.3 is 0 Å². The monoisotopic (exact) mass is 177 g/mol. The van der Waals surface area contributed by atoms with E-state index in [1.165, 1.54) is 0 Å². The molecule has 0 N–H and O–H groups in total. The molecule has 1 rings (SSSR count). The van der Waals surface area contributed by atoms with Crippen LogP contribution in [0.4, 0.5) is 0 Å².